The summed E-state index contributed by atoms with van der Waals surface area (Å²) in [6.07, 6.45) is 3.01. The molecule has 0 fully saturated rings. The molecular formula is C24H22ClNO5S. The number of amides is 1. The molecule has 1 aromatic heterocycles. The summed E-state index contributed by atoms with van der Waals surface area (Å²) in [6, 6.07) is 12.4. The van der Waals surface area contributed by atoms with E-state index in [0.717, 1.165) is 5.56 Å². The number of carbonyl (C=O) groups is 2. The molecule has 2 aromatic carbocycles. The third kappa shape index (κ3) is 5.49. The summed E-state index contributed by atoms with van der Waals surface area (Å²) in [6.45, 7) is 1.95. The molecule has 32 heavy (non-hydrogen) atoms. The Morgan fingerprint density at radius 2 is 1.84 bits per heavy atom. The first-order valence-electron chi connectivity index (χ1n) is 9.72. The minimum atomic E-state index is -0.505. The van der Waals surface area contributed by atoms with E-state index in [4.69, 9.17) is 25.8 Å². The van der Waals surface area contributed by atoms with Gasteiger partial charge in [0.25, 0.3) is 0 Å². The van der Waals surface area contributed by atoms with Crippen LogP contribution in [0, 0.1) is 0 Å². The van der Waals surface area contributed by atoms with Crippen LogP contribution in [-0.4, -0.2) is 32.7 Å². The number of methoxy groups -OCH3 is 2. The van der Waals surface area contributed by atoms with Gasteiger partial charge in [0, 0.05) is 33.7 Å². The summed E-state index contributed by atoms with van der Waals surface area (Å²) in [5, 5.41) is 5.59. The zero-order chi connectivity index (χ0) is 23.1. The van der Waals surface area contributed by atoms with Gasteiger partial charge in [0.1, 0.15) is 22.1 Å². The monoisotopic (exact) mass is 471 g/mol. The number of rotatable bonds is 8. The van der Waals surface area contributed by atoms with Gasteiger partial charge in [0.15, 0.2) is 0 Å². The Balaban J connectivity index is 1.86. The first-order chi connectivity index (χ1) is 15.5. The van der Waals surface area contributed by atoms with E-state index in [2.05, 4.69) is 5.32 Å². The van der Waals surface area contributed by atoms with Crippen LogP contribution < -0.4 is 14.8 Å². The molecule has 0 aliphatic heterocycles. The number of nitrogens with one attached hydrogen (secondary N) is 1. The van der Waals surface area contributed by atoms with Crippen LogP contribution in [0.25, 0.3) is 17.2 Å². The molecule has 0 aliphatic carbocycles. The van der Waals surface area contributed by atoms with E-state index in [0.29, 0.717) is 38.2 Å². The van der Waals surface area contributed by atoms with Crippen molar-refractivity contribution in [1.82, 2.24) is 0 Å². The number of hydrogen-bond donors (Lipinski definition) is 1. The van der Waals surface area contributed by atoms with Crippen molar-refractivity contribution in [2.75, 3.05) is 26.1 Å². The van der Waals surface area contributed by atoms with E-state index in [-0.39, 0.29) is 6.61 Å². The van der Waals surface area contributed by atoms with Crippen molar-refractivity contribution < 1.29 is 23.8 Å². The van der Waals surface area contributed by atoms with Gasteiger partial charge >= 0.3 is 5.97 Å². The summed E-state index contributed by atoms with van der Waals surface area (Å²) in [5.74, 6) is 0.324. The summed E-state index contributed by atoms with van der Waals surface area (Å²) in [5.41, 5.74) is 2.49. The molecule has 0 radical (unpaired) electrons. The topological polar surface area (TPSA) is 73.9 Å². The standard InChI is InChI=1S/C24H22ClNO5S/c1-4-31-24(28)22-19(15-5-9-17(25)10-6-15)14-32-23(22)26-21(27)12-8-16-7-11-18(29-2)13-20(16)30-3/h5-14H,4H2,1-3H3,(H,26,27). The van der Waals surface area contributed by atoms with Crippen LogP contribution in [0.1, 0.15) is 22.8 Å². The fraction of sp³-hybridized carbons (Fsp3) is 0.167. The quantitative estimate of drug-likeness (QED) is 0.326. The Bertz CT molecular complexity index is 1140. The number of hydrogen-bond acceptors (Lipinski definition) is 6. The van der Waals surface area contributed by atoms with Gasteiger partial charge in [0.05, 0.1) is 20.8 Å². The SMILES string of the molecule is CCOC(=O)c1c(-c2ccc(Cl)cc2)csc1NC(=O)C=Cc1ccc(OC)cc1OC. The molecule has 166 valence electrons. The van der Waals surface area contributed by atoms with Crippen molar-refractivity contribution in [3.63, 3.8) is 0 Å². The molecule has 1 N–H and O–H groups in total. The molecule has 6 nitrogen and oxygen atoms in total. The van der Waals surface area contributed by atoms with Gasteiger partial charge in [-0.15, -0.1) is 11.3 Å². The fourth-order valence-corrected chi connectivity index (χ4v) is 4.06. The summed E-state index contributed by atoms with van der Waals surface area (Å²) in [4.78, 5) is 25.3. The highest BCUT2D eigenvalue weighted by Gasteiger charge is 2.22. The minimum absolute atomic E-state index is 0.222. The van der Waals surface area contributed by atoms with Crippen LogP contribution in [0.15, 0.2) is 53.9 Å². The summed E-state index contributed by atoms with van der Waals surface area (Å²) >= 11 is 7.23. The molecule has 3 rings (SSSR count). The number of thiophene rings is 1. The second kappa shape index (κ2) is 10.8. The largest absolute Gasteiger partial charge is 0.497 e. The Kier molecular flexibility index (Phi) is 7.92. The van der Waals surface area contributed by atoms with Gasteiger partial charge in [-0.2, -0.15) is 0 Å². The Morgan fingerprint density at radius 1 is 1.09 bits per heavy atom. The zero-order valence-corrected chi connectivity index (χ0v) is 19.4. The summed E-state index contributed by atoms with van der Waals surface area (Å²) in [7, 11) is 3.11. The molecule has 0 saturated heterocycles. The lowest BCUT2D eigenvalue weighted by atomic mass is 10.0. The highest BCUT2D eigenvalue weighted by Crippen LogP contribution is 2.36. The Hall–Kier alpha value is -3.29. The van der Waals surface area contributed by atoms with Crippen LogP contribution in [0.2, 0.25) is 5.02 Å². The van der Waals surface area contributed by atoms with Crippen LogP contribution in [0.3, 0.4) is 0 Å². The third-order valence-electron chi connectivity index (χ3n) is 4.52. The molecule has 8 heteroatoms. The highest BCUT2D eigenvalue weighted by atomic mass is 35.5. The van der Waals surface area contributed by atoms with Crippen molar-refractivity contribution in [3.8, 4) is 22.6 Å². The molecule has 1 amide bonds. The number of anilines is 1. The van der Waals surface area contributed by atoms with Gasteiger partial charge in [0.2, 0.25) is 5.91 Å². The maximum absolute atomic E-state index is 12.7. The molecule has 0 unspecified atom stereocenters. The average Bonchev–Trinajstić information content (AvgIpc) is 3.21. The van der Waals surface area contributed by atoms with Crippen LogP contribution in [-0.2, 0) is 9.53 Å². The van der Waals surface area contributed by atoms with E-state index in [1.165, 1.54) is 17.4 Å². The minimum Gasteiger partial charge on any atom is -0.497 e. The second-order valence-electron chi connectivity index (χ2n) is 6.51. The van der Waals surface area contributed by atoms with Crippen LogP contribution >= 0.6 is 22.9 Å². The van der Waals surface area contributed by atoms with Crippen molar-refractivity contribution in [2.24, 2.45) is 0 Å². The molecule has 0 saturated carbocycles. The number of esters is 1. The van der Waals surface area contributed by atoms with Crippen molar-refractivity contribution in [1.29, 1.82) is 0 Å². The predicted molar refractivity (Wildman–Crippen MR) is 128 cm³/mol. The number of halogens is 1. The van der Waals surface area contributed by atoms with E-state index in [1.54, 1.807) is 62.9 Å². The predicted octanol–water partition coefficient (Wildman–Crippen LogP) is 5.91. The number of benzene rings is 2. The Labute approximate surface area is 195 Å². The number of ether oxygens (including phenoxy) is 3. The average molecular weight is 472 g/mol. The Morgan fingerprint density at radius 3 is 2.50 bits per heavy atom. The molecule has 0 atom stereocenters. The fourth-order valence-electron chi connectivity index (χ4n) is 2.97. The second-order valence-corrected chi connectivity index (χ2v) is 7.83. The van der Waals surface area contributed by atoms with E-state index in [1.807, 2.05) is 12.1 Å². The van der Waals surface area contributed by atoms with Crippen molar-refractivity contribution in [3.05, 3.63) is 70.1 Å². The van der Waals surface area contributed by atoms with Crippen LogP contribution in [0.4, 0.5) is 5.00 Å². The van der Waals surface area contributed by atoms with Gasteiger partial charge < -0.3 is 19.5 Å². The third-order valence-corrected chi connectivity index (χ3v) is 5.66. The molecule has 0 aliphatic rings. The molecule has 3 aromatic rings. The molecular weight excluding hydrogens is 450 g/mol. The van der Waals surface area contributed by atoms with E-state index in [9.17, 15) is 9.59 Å². The first-order valence-corrected chi connectivity index (χ1v) is 11.0. The smallest absolute Gasteiger partial charge is 0.341 e. The maximum Gasteiger partial charge on any atom is 0.341 e. The molecule has 0 bridgehead atoms. The van der Waals surface area contributed by atoms with E-state index >= 15 is 0 Å². The molecule has 1 heterocycles. The van der Waals surface area contributed by atoms with Crippen molar-refractivity contribution >= 4 is 45.9 Å². The van der Waals surface area contributed by atoms with Gasteiger partial charge in [-0.3, -0.25) is 4.79 Å². The van der Waals surface area contributed by atoms with Crippen molar-refractivity contribution in [2.45, 2.75) is 6.92 Å². The highest BCUT2D eigenvalue weighted by molar-refractivity contribution is 7.15. The van der Waals surface area contributed by atoms with E-state index < -0.39 is 11.9 Å². The lowest BCUT2D eigenvalue weighted by molar-refractivity contribution is -0.111. The van der Waals surface area contributed by atoms with Gasteiger partial charge in [-0.25, -0.2) is 4.79 Å². The molecule has 0 spiro atoms. The van der Waals surface area contributed by atoms with Crippen LogP contribution in [0.5, 0.6) is 11.5 Å². The maximum atomic E-state index is 12.7. The zero-order valence-electron chi connectivity index (χ0n) is 17.8. The summed E-state index contributed by atoms with van der Waals surface area (Å²) < 4.78 is 15.7. The van der Waals surface area contributed by atoms with Gasteiger partial charge in [-0.05, 0) is 42.8 Å². The lowest BCUT2D eigenvalue weighted by Crippen LogP contribution is -2.12. The number of carbonyl (C=O) groups excluding carboxylic acids is 2. The van der Waals surface area contributed by atoms with Gasteiger partial charge in [-0.1, -0.05) is 23.7 Å². The normalized spacial score (nSPS) is 10.8. The lowest BCUT2D eigenvalue weighted by Gasteiger charge is -2.08. The first kappa shape index (κ1) is 23.4.